The van der Waals surface area contributed by atoms with Gasteiger partial charge in [0.25, 0.3) is 0 Å². The minimum Gasteiger partial charge on any atom is -0.343 e. The number of rotatable bonds is 3. The largest absolute Gasteiger partial charge is 0.343 e. The van der Waals surface area contributed by atoms with Crippen LogP contribution in [0.2, 0.25) is 0 Å². The zero-order valence-electron chi connectivity index (χ0n) is 15.0. The SMILES string of the molecule is CC(=O)N1CC[C@@H]2[C@H](C1)[C@@H](c1ccccc1)CN2Cc1cn(C)cn1. The summed E-state index contributed by atoms with van der Waals surface area (Å²) in [7, 11) is 2.02. The van der Waals surface area contributed by atoms with Crippen LogP contribution < -0.4 is 0 Å². The molecule has 1 aromatic carbocycles. The summed E-state index contributed by atoms with van der Waals surface area (Å²) in [4.78, 5) is 21.0. The zero-order valence-corrected chi connectivity index (χ0v) is 15.0. The maximum Gasteiger partial charge on any atom is 0.219 e. The molecule has 132 valence electrons. The van der Waals surface area contributed by atoms with E-state index in [9.17, 15) is 4.79 Å². The summed E-state index contributed by atoms with van der Waals surface area (Å²) >= 11 is 0. The van der Waals surface area contributed by atoms with E-state index < -0.39 is 0 Å². The maximum absolute atomic E-state index is 11.9. The fourth-order valence-electron chi connectivity index (χ4n) is 4.62. The molecule has 3 heterocycles. The number of piperidine rings is 1. The molecule has 1 aromatic heterocycles. The highest BCUT2D eigenvalue weighted by atomic mass is 16.2. The zero-order chi connectivity index (χ0) is 17.4. The van der Waals surface area contributed by atoms with Crippen molar-refractivity contribution in [3.63, 3.8) is 0 Å². The first-order chi connectivity index (χ1) is 12.1. The van der Waals surface area contributed by atoms with Crippen molar-refractivity contribution in [3.8, 4) is 0 Å². The molecule has 2 fully saturated rings. The highest BCUT2D eigenvalue weighted by molar-refractivity contribution is 5.73. The van der Waals surface area contributed by atoms with E-state index in [1.165, 1.54) is 5.56 Å². The third kappa shape index (κ3) is 3.21. The van der Waals surface area contributed by atoms with Crippen molar-refractivity contribution in [1.29, 1.82) is 0 Å². The highest BCUT2D eigenvalue weighted by Gasteiger charge is 2.45. The fraction of sp³-hybridized carbons (Fsp3) is 0.500. The van der Waals surface area contributed by atoms with Crippen molar-refractivity contribution in [2.75, 3.05) is 19.6 Å². The minimum absolute atomic E-state index is 0.202. The van der Waals surface area contributed by atoms with Crippen LogP contribution in [0.25, 0.3) is 0 Å². The van der Waals surface area contributed by atoms with Gasteiger partial charge in [-0.3, -0.25) is 9.69 Å². The number of amides is 1. The Morgan fingerprint density at radius 1 is 1.24 bits per heavy atom. The van der Waals surface area contributed by atoms with Gasteiger partial charge in [-0.05, 0) is 12.0 Å². The van der Waals surface area contributed by atoms with Crippen molar-refractivity contribution in [1.82, 2.24) is 19.4 Å². The molecular formula is C20H26N4O. The molecule has 4 rings (SSSR count). The first kappa shape index (κ1) is 16.3. The lowest BCUT2D eigenvalue weighted by atomic mass is 9.82. The number of hydrogen-bond donors (Lipinski definition) is 0. The van der Waals surface area contributed by atoms with E-state index in [4.69, 9.17) is 0 Å². The summed E-state index contributed by atoms with van der Waals surface area (Å²) in [6, 6.07) is 11.3. The Kier molecular flexibility index (Phi) is 4.34. The molecule has 0 radical (unpaired) electrons. The highest BCUT2D eigenvalue weighted by Crippen LogP contribution is 2.42. The van der Waals surface area contributed by atoms with Crippen LogP contribution in [0, 0.1) is 5.92 Å². The number of imidazole rings is 1. The van der Waals surface area contributed by atoms with Gasteiger partial charge in [0.05, 0.1) is 12.0 Å². The van der Waals surface area contributed by atoms with E-state index in [-0.39, 0.29) is 5.91 Å². The van der Waals surface area contributed by atoms with Gasteiger partial charge in [0.15, 0.2) is 0 Å². The maximum atomic E-state index is 11.9. The predicted molar refractivity (Wildman–Crippen MR) is 97.0 cm³/mol. The summed E-state index contributed by atoms with van der Waals surface area (Å²) < 4.78 is 2.01. The van der Waals surface area contributed by atoms with Crippen LogP contribution in [0.5, 0.6) is 0 Å². The Bertz CT molecular complexity index is 741. The van der Waals surface area contributed by atoms with Gasteiger partial charge in [0.1, 0.15) is 0 Å². The summed E-state index contributed by atoms with van der Waals surface area (Å²) in [5.74, 6) is 1.19. The molecule has 3 atom stereocenters. The summed E-state index contributed by atoms with van der Waals surface area (Å²) in [6.45, 7) is 5.38. The number of likely N-dealkylation sites (tertiary alicyclic amines) is 2. The number of carbonyl (C=O) groups is 1. The second-order valence-corrected chi connectivity index (χ2v) is 7.46. The summed E-state index contributed by atoms with van der Waals surface area (Å²) in [6.07, 6.45) is 5.03. The van der Waals surface area contributed by atoms with E-state index in [2.05, 4.69) is 46.4 Å². The number of carbonyl (C=O) groups excluding carboxylic acids is 1. The van der Waals surface area contributed by atoms with Crippen molar-refractivity contribution in [2.24, 2.45) is 13.0 Å². The van der Waals surface area contributed by atoms with Gasteiger partial charge in [-0.25, -0.2) is 4.98 Å². The third-order valence-corrected chi connectivity index (χ3v) is 5.83. The number of hydrogen-bond acceptors (Lipinski definition) is 3. The molecular weight excluding hydrogens is 312 g/mol. The Morgan fingerprint density at radius 3 is 2.72 bits per heavy atom. The van der Waals surface area contributed by atoms with Gasteiger partial charge in [0.2, 0.25) is 5.91 Å². The average Bonchev–Trinajstić information content (AvgIpc) is 3.19. The molecule has 0 bridgehead atoms. The Morgan fingerprint density at radius 2 is 2.04 bits per heavy atom. The van der Waals surface area contributed by atoms with Gasteiger partial charge in [-0.15, -0.1) is 0 Å². The number of fused-ring (bicyclic) bond motifs is 1. The predicted octanol–water partition coefficient (Wildman–Crippen LogP) is 2.26. The third-order valence-electron chi connectivity index (χ3n) is 5.83. The number of nitrogens with zero attached hydrogens (tertiary/aromatic N) is 4. The second-order valence-electron chi connectivity index (χ2n) is 7.46. The van der Waals surface area contributed by atoms with Gasteiger partial charge in [0, 0.05) is 64.2 Å². The van der Waals surface area contributed by atoms with Gasteiger partial charge >= 0.3 is 0 Å². The van der Waals surface area contributed by atoms with Crippen LogP contribution in [0.3, 0.4) is 0 Å². The van der Waals surface area contributed by atoms with Crippen molar-refractivity contribution in [2.45, 2.75) is 31.8 Å². The molecule has 25 heavy (non-hydrogen) atoms. The van der Waals surface area contributed by atoms with Crippen LogP contribution in [0.1, 0.15) is 30.5 Å². The molecule has 2 saturated heterocycles. The van der Waals surface area contributed by atoms with Crippen LogP contribution in [0.15, 0.2) is 42.9 Å². The molecule has 2 aliphatic rings. The number of aromatic nitrogens is 2. The van der Waals surface area contributed by atoms with Gasteiger partial charge in [-0.1, -0.05) is 30.3 Å². The molecule has 5 nitrogen and oxygen atoms in total. The van der Waals surface area contributed by atoms with E-state index in [0.29, 0.717) is 17.9 Å². The van der Waals surface area contributed by atoms with Gasteiger partial charge < -0.3 is 9.47 Å². The molecule has 2 aliphatic heterocycles. The Balaban J connectivity index is 1.59. The van der Waals surface area contributed by atoms with E-state index >= 15 is 0 Å². The fourth-order valence-corrected chi connectivity index (χ4v) is 4.62. The Labute approximate surface area is 149 Å². The minimum atomic E-state index is 0.202. The summed E-state index contributed by atoms with van der Waals surface area (Å²) in [5, 5.41) is 0. The molecule has 0 unspecified atom stereocenters. The number of aryl methyl sites for hydroxylation is 1. The van der Waals surface area contributed by atoms with Crippen molar-refractivity contribution in [3.05, 3.63) is 54.1 Å². The normalized spacial score (nSPS) is 26.6. The molecule has 0 N–H and O–H groups in total. The first-order valence-corrected chi connectivity index (χ1v) is 9.13. The lowest BCUT2D eigenvalue weighted by molar-refractivity contribution is -0.131. The van der Waals surface area contributed by atoms with Crippen LogP contribution in [-0.2, 0) is 18.4 Å². The van der Waals surface area contributed by atoms with Gasteiger partial charge in [-0.2, -0.15) is 0 Å². The summed E-state index contributed by atoms with van der Waals surface area (Å²) in [5.41, 5.74) is 2.52. The topological polar surface area (TPSA) is 41.4 Å². The van der Waals surface area contributed by atoms with Crippen LogP contribution in [0.4, 0.5) is 0 Å². The van der Waals surface area contributed by atoms with Crippen LogP contribution >= 0.6 is 0 Å². The van der Waals surface area contributed by atoms with E-state index in [1.807, 2.05) is 22.8 Å². The smallest absolute Gasteiger partial charge is 0.219 e. The Hall–Kier alpha value is -2.14. The molecule has 0 saturated carbocycles. The monoisotopic (exact) mass is 338 g/mol. The van der Waals surface area contributed by atoms with Crippen molar-refractivity contribution < 1.29 is 4.79 Å². The van der Waals surface area contributed by atoms with E-state index in [1.54, 1.807) is 6.92 Å². The quantitative estimate of drug-likeness (QED) is 0.862. The molecule has 5 heteroatoms. The van der Waals surface area contributed by atoms with E-state index in [0.717, 1.165) is 38.3 Å². The second kappa shape index (κ2) is 6.64. The molecule has 0 spiro atoms. The lowest BCUT2D eigenvalue weighted by Gasteiger charge is -2.38. The molecule has 0 aliphatic carbocycles. The van der Waals surface area contributed by atoms with Crippen molar-refractivity contribution >= 4 is 5.91 Å². The molecule has 2 aromatic rings. The lowest BCUT2D eigenvalue weighted by Crippen LogP contribution is -2.47. The number of benzene rings is 1. The standard InChI is InChI=1S/C20H26N4O/c1-15(25)23-9-8-20-19(13-23)18(16-6-4-3-5-7-16)12-24(20)11-17-10-22(2)14-21-17/h3-7,10,14,18-20H,8-9,11-13H2,1-2H3/t18-,19-,20-/m1/s1. The average molecular weight is 338 g/mol. The molecule has 1 amide bonds. The first-order valence-electron chi connectivity index (χ1n) is 9.13. The van der Waals surface area contributed by atoms with Crippen LogP contribution in [-0.4, -0.2) is 50.9 Å².